The summed E-state index contributed by atoms with van der Waals surface area (Å²) in [6.07, 6.45) is 4.39. The largest absolute Gasteiger partial charge is 0.276 e. The van der Waals surface area contributed by atoms with Crippen molar-refractivity contribution in [3.05, 3.63) is 32.9 Å². The number of aromatic amines is 1. The van der Waals surface area contributed by atoms with E-state index in [1.54, 1.807) is 0 Å². The Balaban J connectivity index is 2.71. The SMILES string of the molecule is CCCCc1c(C)c(C#N)c2nc(CCC)[nH]n2c1=O. The first-order chi connectivity index (χ1) is 9.63. The molecular weight excluding hydrogens is 252 g/mol. The van der Waals surface area contributed by atoms with Crippen molar-refractivity contribution in [1.29, 1.82) is 5.26 Å². The molecule has 5 nitrogen and oxygen atoms in total. The average Bonchev–Trinajstić information content (AvgIpc) is 2.83. The van der Waals surface area contributed by atoms with E-state index in [1.807, 2.05) is 6.92 Å². The Morgan fingerprint density at radius 3 is 2.65 bits per heavy atom. The topological polar surface area (TPSA) is 73.9 Å². The average molecular weight is 272 g/mol. The van der Waals surface area contributed by atoms with Gasteiger partial charge in [-0.05, 0) is 31.7 Å². The Bertz CT molecular complexity index is 718. The predicted molar refractivity (Wildman–Crippen MR) is 77.9 cm³/mol. The Kier molecular flexibility index (Phi) is 4.23. The summed E-state index contributed by atoms with van der Waals surface area (Å²) in [5, 5.41) is 12.4. The lowest BCUT2D eigenvalue weighted by molar-refractivity contribution is 0.760. The highest BCUT2D eigenvalue weighted by Crippen LogP contribution is 2.16. The van der Waals surface area contributed by atoms with Crippen LogP contribution in [0.2, 0.25) is 0 Å². The van der Waals surface area contributed by atoms with Gasteiger partial charge in [0.05, 0.1) is 0 Å². The van der Waals surface area contributed by atoms with Crippen LogP contribution >= 0.6 is 0 Å². The summed E-state index contributed by atoms with van der Waals surface area (Å²) in [5.41, 5.74) is 2.40. The molecule has 1 N–H and O–H groups in total. The van der Waals surface area contributed by atoms with Crippen molar-refractivity contribution in [2.24, 2.45) is 0 Å². The minimum Gasteiger partial charge on any atom is -0.276 e. The van der Waals surface area contributed by atoms with E-state index in [9.17, 15) is 10.1 Å². The normalized spacial score (nSPS) is 10.9. The van der Waals surface area contributed by atoms with E-state index in [-0.39, 0.29) is 5.56 Å². The fraction of sp³-hybridized carbons (Fsp3) is 0.533. The fourth-order valence-electron chi connectivity index (χ4n) is 2.44. The summed E-state index contributed by atoms with van der Waals surface area (Å²) in [6.45, 7) is 5.99. The summed E-state index contributed by atoms with van der Waals surface area (Å²) < 4.78 is 1.43. The molecule has 2 heterocycles. The van der Waals surface area contributed by atoms with E-state index in [4.69, 9.17) is 0 Å². The van der Waals surface area contributed by atoms with Gasteiger partial charge in [-0.25, -0.2) is 4.98 Å². The van der Waals surface area contributed by atoms with Gasteiger partial charge in [0.25, 0.3) is 5.56 Å². The van der Waals surface area contributed by atoms with Crippen LogP contribution in [0, 0.1) is 18.3 Å². The first-order valence-corrected chi connectivity index (χ1v) is 7.17. The molecule has 0 aliphatic heterocycles. The number of hydrogen-bond donors (Lipinski definition) is 1. The lowest BCUT2D eigenvalue weighted by Crippen LogP contribution is -2.22. The molecule has 0 spiro atoms. The van der Waals surface area contributed by atoms with Gasteiger partial charge in [0.2, 0.25) is 0 Å². The highest BCUT2D eigenvalue weighted by atomic mass is 16.1. The fourth-order valence-corrected chi connectivity index (χ4v) is 2.44. The molecule has 2 aromatic heterocycles. The quantitative estimate of drug-likeness (QED) is 0.908. The van der Waals surface area contributed by atoms with Crippen molar-refractivity contribution < 1.29 is 0 Å². The zero-order valence-electron chi connectivity index (χ0n) is 12.3. The van der Waals surface area contributed by atoms with Crippen LogP contribution in [-0.2, 0) is 12.8 Å². The second-order valence-electron chi connectivity index (χ2n) is 5.08. The highest BCUT2D eigenvalue weighted by molar-refractivity contribution is 5.60. The second-order valence-corrected chi connectivity index (χ2v) is 5.08. The maximum atomic E-state index is 12.5. The number of aryl methyl sites for hydroxylation is 1. The van der Waals surface area contributed by atoms with Crippen LogP contribution in [0.25, 0.3) is 5.65 Å². The van der Waals surface area contributed by atoms with Crippen molar-refractivity contribution in [1.82, 2.24) is 14.6 Å². The Morgan fingerprint density at radius 1 is 1.30 bits per heavy atom. The summed E-state index contributed by atoms with van der Waals surface area (Å²) in [5.74, 6) is 0.758. The van der Waals surface area contributed by atoms with Crippen LogP contribution in [0.15, 0.2) is 4.79 Å². The van der Waals surface area contributed by atoms with Crippen LogP contribution in [0.3, 0.4) is 0 Å². The van der Waals surface area contributed by atoms with Gasteiger partial charge in [-0.15, -0.1) is 0 Å². The highest BCUT2D eigenvalue weighted by Gasteiger charge is 2.17. The van der Waals surface area contributed by atoms with Crippen molar-refractivity contribution in [2.45, 2.75) is 52.9 Å². The number of nitrogens with zero attached hydrogens (tertiary/aromatic N) is 3. The van der Waals surface area contributed by atoms with Crippen molar-refractivity contribution in [2.75, 3.05) is 0 Å². The molecule has 0 saturated heterocycles. The minimum absolute atomic E-state index is 0.0696. The molecule has 106 valence electrons. The van der Waals surface area contributed by atoms with Crippen LogP contribution < -0.4 is 5.56 Å². The van der Waals surface area contributed by atoms with Gasteiger partial charge in [-0.2, -0.15) is 9.78 Å². The van der Waals surface area contributed by atoms with Crippen LogP contribution in [0.5, 0.6) is 0 Å². The molecule has 0 aliphatic rings. The summed E-state index contributed by atoms with van der Waals surface area (Å²) in [4.78, 5) is 16.9. The molecule has 0 unspecified atom stereocenters. The molecule has 0 atom stereocenters. The third-order valence-corrected chi connectivity index (χ3v) is 3.58. The number of pyridine rings is 1. The number of unbranched alkanes of at least 4 members (excludes halogenated alkanes) is 1. The van der Waals surface area contributed by atoms with Gasteiger partial charge < -0.3 is 0 Å². The monoisotopic (exact) mass is 272 g/mol. The second kappa shape index (κ2) is 5.91. The maximum absolute atomic E-state index is 12.5. The Morgan fingerprint density at radius 2 is 2.05 bits per heavy atom. The number of rotatable bonds is 5. The van der Waals surface area contributed by atoms with Crippen molar-refractivity contribution in [3.8, 4) is 6.07 Å². The molecule has 0 saturated carbocycles. The van der Waals surface area contributed by atoms with Gasteiger partial charge in [0, 0.05) is 12.0 Å². The number of aromatic nitrogens is 3. The molecule has 0 aliphatic carbocycles. The van der Waals surface area contributed by atoms with E-state index in [1.165, 1.54) is 4.52 Å². The summed E-state index contributed by atoms with van der Waals surface area (Å²) >= 11 is 0. The molecule has 20 heavy (non-hydrogen) atoms. The molecule has 0 radical (unpaired) electrons. The van der Waals surface area contributed by atoms with E-state index in [0.29, 0.717) is 17.6 Å². The minimum atomic E-state index is -0.0696. The molecule has 0 amide bonds. The number of H-pyrrole nitrogens is 1. The van der Waals surface area contributed by atoms with Crippen molar-refractivity contribution >= 4 is 5.65 Å². The molecule has 0 fully saturated rings. The molecule has 0 aromatic carbocycles. The lowest BCUT2D eigenvalue weighted by atomic mass is 10.0. The van der Waals surface area contributed by atoms with E-state index in [0.717, 1.165) is 42.6 Å². The van der Waals surface area contributed by atoms with Gasteiger partial charge in [-0.3, -0.25) is 9.89 Å². The van der Waals surface area contributed by atoms with Gasteiger partial charge >= 0.3 is 0 Å². The van der Waals surface area contributed by atoms with E-state index < -0.39 is 0 Å². The van der Waals surface area contributed by atoms with E-state index in [2.05, 4.69) is 30.0 Å². The van der Waals surface area contributed by atoms with Gasteiger partial charge in [0.1, 0.15) is 17.5 Å². The maximum Gasteiger partial charge on any atom is 0.274 e. The molecule has 2 rings (SSSR count). The lowest BCUT2D eigenvalue weighted by Gasteiger charge is -2.07. The number of hydrogen-bond acceptors (Lipinski definition) is 3. The van der Waals surface area contributed by atoms with Crippen LogP contribution in [0.1, 0.15) is 55.6 Å². The molecule has 5 heteroatoms. The Hall–Kier alpha value is -2.09. The first kappa shape index (κ1) is 14.3. The summed E-state index contributed by atoms with van der Waals surface area (Å²) in [7, 11) is 0. The van der Waals surface area contributed by atoms with Crippen LogP contribution in [0.4, 0.5) is 0 Å². The Labute approximate surface area is 118 Å². The smallest absolute Gasteiger partial charge is 0.274 e. The first-order valence-electron chi connectivity index (χ1n) is 7.17. The third kappa shape index (κ3) is 2.34. The van der Waals surface area contributed by atoms with Gasteiger partial charge in [-0.1, -0.05) is 20.3 Å². The number of fused-ring (bicyclic) bond motifs is 1. The zero-order chi connectivity index (χ0) is 14.7. The molecule has 2 aromatic rings. The predicted octanol–water partition coefficient (Wildman–Crippen LogP) is 2.50. The van der Waals surface area contributed by atoms with E-state index >= 15 is 0 Å². The molecular formula is C15H20N4O. The number of nitriles is 1. The van der Waals surface area contributed by atoms with Gasteiger partial charge in [0.15, 0.2) is 5.65 Å². The standard InChI is InChI=1S/C15H20N4O/c1-4-6-8-11-10(3)12(9-16)14-17-13(7-5-2)18-19(14)15(11)20/h4-8H2,1-3H3,(H,17,18). The molecule has 0 bridgehead atoms. The summed E-state index contributed by atoms with van der Waals surface area (Å²) in [6, 6.07) is 2.20. The van der Waals surface area contributed by atoms with Crippen molar-refractivity contribution in [3.63, 3.8) is 0 Å². The zero-order valence-corrected chi connectivity index (χ0v) is 12.3. The number of nitrogens with one attached hydrogen (secondary N) is 1. The van der Waals surface area contributed by atoms with Crippen LogP contribution in [-0.4, -0.2) is 14.6 Å². The third-order valence-electron chi connectivity index (χ3n) is 3.58.